The molecule has 168 valence electrons. The average Bonchev–Trinajstić information content (AvgIpc) is 3.27. The molecule has 2 fully saturated rings. The average molecular weight is 457 g/mol. The second-order valence-electron chi connectivity index (χ2n) is 8.29. The lowest BCUT2D eigenvalue weighted by atomic mass is 9.97. The van der Waals surface area contributed by atoms with E-state index in [4.69, 9.17) is 15.2 Å². The van der Waals surface area contributed by atoms with Crippen molar-refractivity contribution in [3.8, 4) is 16.7 Å². The highest BCUT2D eigenvalue weighted by atomic mass is 32.1. The second-order valence-corrected chi connectivity index (χ2v) is 9.28. The van der Waals surface area contributed by atoms with E-state index in [0.29, 0.717) is 35.2 Å². The number of carbonyl (C=O) groups is 1. The highest BCUT2D eigenvalue weighted by molar-refractivity contribution is 7.20. The van der Waals surface area contributed by atoms with Crippen molar-refractivity contribution in [1.82, 2.24) is 15.2 Å². The minimum absolute atomic E-state index is 0.182. The molecule has 7 nitrogen and oxygen atoms in total. The molecule has 3 aromatic rings. The number of benzene rings is 2. The van der Waals surface area contributed by atoms with E-state index >= 15 is 0 Å². The number of para-hydroxylation sites is 1. The molecule has 2 aromatic carbocycles. The van der Waals surface area contributed by atoms with Crippen molar-refractivity contribution in [1.29, 1.82) is 0 Å². The van der Waals surface area contributed by atoms with Gasteiger partial charge in [-0.1, -0.05) is 17.4 Å². The molecule has 3 heterocycles. The van der Waals surface area contributed by atoms with E-state index in [9.17, 15) is 9.18 Å². The summed E-state index contributed by atoms with van der Waals surface area (Å²) < 4.78 is 26.3. The van der Waals surface area contributed by atoms with Crippen molar-refractivity contribution in [3.63, 3.8) is 0 Å². The highest BCUT2D eigenvalue weighted by Gasteiger charge is 2.40. The van der Waals surface area contributed by atoms with Crippen LogP contribution in [0, 0.1) is 5.82 Å². The fourth-order valence-electron chi connectivity index (χ4n) is 4.87. The standard InChI is InChI=1S/C23H25FN4O3S/c24-19-2-1-3-20-21(19)27-23(32-20)31-18-8-6-17(7-9-18)30-11-10-28-15-4-5-16(28)13-14(12-15)26-22(25)29/h1-3,6-9,14-16H,4-5,10-13H2,(H3,25,26,29). The maximum absolute atomic E-state index is 13.8. The summed E-state index contributed by atoms with van der Waals surface area (Å²) >= 11 is 1.31. The first-order valence-electron chi connectivity index (χ1n) is 10.8. The number of piperidine rings is 1. The van der Waals surface area contributed by atoms with Crippen molar-refractivity contribution in [2.24, 2.45) is 5.73 Å². The second kappa shape index (κ2) is 8.91. The monoisotopic (exact) mass is 456 g/mol. The minimum atomic E-state index is -0.436. The van der Waals surface area contributed by atoms with Crippen LogP contribution in [0.25, 0.3) is 10.2 Å². The maximum Gasteiger partial charge on any atom is 0.312 e. The Hall–Kier alpha value is -2.91. The zero-order valence-corrected chi connectivity index (χ0v) is 18.3. The third kappa shape index (κ3) is 4.49. The molecular formula is C23H25FN4O3S. The van der Waals surface area contributed by atoms with Crippen LogP contribution in [0.1, 0.15) is 25.7 Å². The molecule has 32 heavy (non-hydrogen) atoms. The summed E-state index contributed by atoms with van der Waals surface area (Å²) in [6.07, 6.45) is 4.20. The van der Waals surface area contributed by atoms with Crippen molar-refractivity contribution in [2.45, 2.75) is 43.8 Å². The van der Waals surface area contributed by atoms with Crippen molar-refractivity contribution in [2.75, 3.05) is 13.2 Å². The van der Waals surface area contributed by atoms with Gasteiger partial charge in [0.1, 0.15) is 29.4 Å². The molecule has 2 saturated heterocycles. The molecule has 2 bridgehead atoms. The first-order valence-corrected chi connectivity index (χ1v) is 11.6. The Morgan fingerprint density at radius 3 is 2.56 bits per heavy atom. The number of nitrogens with two attached hydrogens (primary N) is 1. The zero-order valence-electron chi connectivity index (χ0n) is 17.5. The number of carbonyl (C=O) groups excluding carboxylic acids is 1. The number of thiazole rings is 1. The Morgan fingerprint density at radius 1 is 1.16 bits per heavy atom. The summed E-state index contributed by atoms with van der Waals surface area (Å²) in [5.41, 5.74) is 5.61. The molecule has 2 amide bonds. The largest absolute Gasteiger partial charge is 0.492 e. The topological polar surface area (TPSA) is 89.7 Å². The van der Waals surface area contributed by atoms with Crippen LogP contribution >= 0.6 is 11.3 Å². The first kappa shape index (κ1) is 21.0. The molecule has 2 aliphatic rings. The van der Waals surface area contributed by atoms with E-state index in [1.54, 1.807) is 6.07 Å². The lowest BCUT2D eigenvalue weighted by Crippen LogP contribution is -2.52. The number of hydrogen-bond acceptors (Lipinski definition) is 6. The number of aromatic nitrogens is 1. The Kier molecular flexibility index (Phi) is 5.84. The summed E-state index contributed by atoms with van der Waals surface area (Å²) in [5.74, 6) is 1.04. The third-order valence-corrected chi connectivity index (χ3v) is 7.13. The van der Waals surface area contributed by atoms with Gasteiger partial charge in [-0.25, -0.2) is 9.18 Å². The van der Waals surface area contributed by atoms with Gasteiger partial charge in [0.05, 0.1) is 4.70 Å². The first-order chi connectivity index (χ1) is 15.5. The van der Waals surface area contributed by atoms with E-state index in [0.717, 1.165) is 42.7 Å². The fraction of sp³-hybridized carbons (Fsp3) is 0.391. The van der Waals surface area contributed by atoms with Gasteiger partial charge in [0.2, 0.25) is 0 Å². The highest BCUT2D eigenvalue weighted by Crippen LogP contribution is 2.36. The number of primary amides is 1. The molecule has 2 atom stereocenters. The van der Waals surface area contributed by atoms with Gasteiger partial charge in [-0.3, -0.25) is 4.90 Å². The summed E-state index contributed by atoms with van der Waals surface area (Å²) in [7, 11) is 0. The summed E-state index contributed by atoms with van der Waals surface area (Å²) in [5, 5.41) is 3.27. The number of ether oxygens (including phenoxy) is 2. The summed E-state index contributed by atoms with van der Waals surface area (Å²) in [6, 6.07) is 12.9. The number of nitrogens with one attached hydrogen (secondary N) is 1. The summed E-state index contributed by atoms with van der Waals surface area (Å²) in [6.45, 7) is 1.45. The number of fused-ring (bicyclic) bond motifs is 3. The predicted molar refractivity (Wildman–Crippen MR) is 121 cm³/mol. The molecule has 0 aliphatic carbocycles. The molecule has 2 aliphatic heterocycles. The van der Waals surface area contributed by atoms with Crippen molar-refractivity contribution < 1.29 is 18.7 Å². The third-order valence-electron chi connectivity index (χ3n) is 6.23. The van der Waals surface area contributed by atoms with E-state index in [2.05, 4.69) is 15.2 Å². The maximum atomic E-state index is 13.8. The number of urea groups is 1. The molecule has 3 N–H and O–H groups in total. The number of hydrogen-bond donors (Lipinski definition) is 2. The molecule has 2 unspecified atom stereocenters. The van der Waals surface area contributed by atoms with Gasteiger partial charge in [0.15, 0.2) is 0 Å². The van der Waals surface area contributed by atoms with Crippen LogP contribution in [0.2, 0.25) is 0 Å². The van der Waals surface area contributed by atoms with Gasteiger partial charge in [-0.2, -0.15) is 4.98 Å². The van der Waals surface area contributed by atoms with Gasteiger partial charge in [-0.15, -0.1) is 0 Å². The Morgan fingerprint density at radius 2 is 1.88 bits per heavy atom. The van der Waals surface area contributed by atoms with E-state index < -0.39 is 6.03 Å². The predicted octanol–water partition coefficient (Wildman–Crippen LogP) is 4.27. The minimum Gasteiger partial charge on any atom is -0.492 e. The van der Waals surface area contributed by atoms with Gasteiger partial charge in [0.25, 0.3) is 5.19 Å². The zero-order chi connectivity index (χ0) is 22.1. The van der Waals surface area contributed by atoms with E-state index in [1.807, 2.05) is 30.3 Å². The summed E-state index contributed by atoms with van der Waals surface area (Å²) in [4.78, 5) is 17.9. The molecule has 0 saturated carbocycles. The molecular weight excluding hydrogens is 431 g/mol. The SMILES string of the molecule is NC(=O)NC1CC2CCC(C1)N2CCOc1ccc(Oc2nc3c(F)cccc3s2)cc1. The van der Waals surface area contributed by atoms with Gasteiger partial charge >= 0.3 is 6.03 Å². The molecule has 5 rings (SSSR count). The van der Waals surface area contributed by atoms with Crippen LogP contribution in [-0.2, 0) is 0 Å². The van der Waals surface area contributed by atoms with Crippen LogP contribution < -0.4 is 20.5 Å². The Labute approximate surface area is 189 Å². The smallest absolute Gasteiger partial charge is 0.312 e. The Bertz CT molecular complexity index is 1090. The van der Waals surface area contributed by atoms with Crippen LogP contribution in [0.4, 0.5) is 9.18 Å². The van der Waals surface area contributed by atoms with Crippen LogP contribution in [-0.4, -0.2) is 47.2 Å². The van der Waals surface area contributed by atoms with Crippen LogP contribution in [0.15, 0.2) is 42.5 Å². The van der Waals surface area contributed by atoms with Crippen molar-refractivity contribution in [3.05, 3.63) is 48.3 Å². The van der Waals surface area contributed by atoms with Gasteiger partial charge in [0, 0.05) is 24.7 Å². The molecule has 9 heteroatoms. The van der Waals surface area contributed by atoms with Gasteiger partial charge in [-0.05, 0) is 62.1 Å². The number of nitrogens with zero attached hydrogens (tertiary/aromatic N) is 2. The number of halogens is 1. The van der Waals surface area contributed by atoms with Gasteiger partial charge < -0.3 is 20.5 Å². The number of rotatable bonds is 7. The van der Waals surface area contributed by atoms with Crippen LogP contribution in [0.3, 0.4) is 0 Å². The van der Waals surface area contributed by atoms with E-state index in [-0.39, 0.29) is 11.9 Å². The fourth-order valence-corrected chi connectivity index (χ4v) is 5.72. The van der Waals surface area contributed by atoms with Crippen LogP contribution in [0.5, 0.6) is 16.7 Å². The lowest BCUT2D eigenvalue weighted by Gasteiger charge is -2.38. The van der Waals surface area contributed by atoms with E-state index in [1.165, 1.54) is 17.4 Å². The Balaban J connectivity index is 1.12. The van der Waals surface area contributed by atoms with Crippen molar-refractivity contribution >= 4 is 27.6 Å². The molecule has 0 spiro atoms. The quantitative estimate of drug-likeness (QED) is 0.554. The molecule has 0 radical (unpaired) electrons. The lowest BCUT2D eigenvalue weighted by molar-refractivity contribution is 0.1000. The molecule has 1 aromatic heterocycles. The normalized spacial score (nSPS) is 22.7. The number of amides is 2.